The highest BCUT2D eigenvalue weighted by molar-refractivity contribution is 9.08. The lowest BCUT2D eigenvalue weighted by Gasteiger charge is -2.32. The minimum absolute atomic E-state index is 0.300. The molecule has 0 aliphatic carbocycles. The number of halogens is 2. The van der Waals surface area contributed by atoms with Crippen LogP contribution in [0.5, 0.6) is 0 Å². The summed E-state index contributed by atoms with van der Waals surface area (Å²) in [6.45, 7) is 8.32. The van der Waals surface area contributed by atoms with Gasteiger partial charge in [0.25, 0.3) is 0 Å². The van der Waals surface area contributed by atoms with Gasteiger partial charge < -0.3 is 9.31 Å². The van der Waals surface area contributed by atoms with Gasteiger partial charge in [-0.1, -0.05) is 50.1 Å². The zero-order valence-electron chi connectivity index (χ0n) is 11.8. The number of hydrogen-bond acceptors (Lipinski definition) is 2. The molecule has 1 aliphatic rings. The summed E-state index contributed by atoms with van der Waals surface area (Å²) in [5, 5.41) is 1.60. The van der Waals surface area contributed by atoms with Crippen LogP contribution in [0.1, 0.15) is 38.8 Å². The van der Waals surface area contributed by atoms with Crippen LogP contribution in [0.15, 0.2) is 18.2 Å². The van der Waals surface area contributed by atoms with Crippen LogP contribution in [-0.4, -0.2) is 18.3 Å². The predicted molar refractivity (Wildman–Crippen MR) is 87.4 cm³/mol. The van der Waals surface area contributed by atoms with Gasteiger partial charge in [-0.05, 0) is 44.3 Å². The molecule has 1 saturated heterocycles. The van der Waals surface area contributed by atoms with E-state index >= 15 is 0 Å². The lowest BCUT2D eigenvalue weighted by atomic mass is 9.73. The predicted octanol–water partition coefficient (Wildman–Crippen LogP) is 3.78. The van der Waals surface area contributed by atoms with Crippen molar-refractivity contribution in [2.75, 3.05) is 0 Å². The fourth-order valence-corrected chi connectivity index (χ4v) is 3.14. The summed E-state index contributed by atoms with van der Waals surface area (Å²) < 4.78 is 12.3. The van der Waals surface area contributed by atoms with Gasteiger partial charge in [-0.25, -0.2) is 0 Å². The smallest absolute Gasteiger partial charge is 0.399 e. The topological polar surface area (TPSA) is 18.5 Å². The van der Waals surface area contributed by atoms with Gasteiger partial charge >= 0.3 is 7.12 Å². The molecule has 0 unspecified atom stereocenters. The molecule has 5 heteroatoms. The van der Waals surface area contributed by atoms with Crippen LogP contribution in [0.2, 0.25) is 0 Å². The molecular weight excluding hydrogens is 371 g/mol. The van der Waals surface area contributed by atoms with Crippen molar-refractivity contribution in [2.24, 2.45) is 0 Å². The molecule has 0 atom stereocenters. The molecule has 0 bridgehead atoms. The van der Waals surface area contributed by atoms with Crippen molar-refractivity contribution in [3.05, 3.63) is 29.3 Å². The molecule has 2 nitrogen and oxygen atoms in total. The minimum Gasteiger partial charge on any atom is -0.399 e. The summed E-state index contributed by atoms with van der Waals surface area (Å²) in [5.74, 6) is 0. The zero-order chi connectivity index (χ0) is 14.3. The fraction of sp³-hybridized carbons (Fsp3) is 0.571. The highest BCUT2D eigenvalue weighted by Crippen LogP contribution is 2.37. The van der Waals surface area contributed by atoms with E-state index in [9.17, 15) is 0 Å². The number of alkyl halides is 2. The van der Waals surface area contributed by atoms with E-state index in [0.29, 0.717) is 0 Å². The number of benzene rings is 1. The van der Waals surface area contributed by atoms with E-state index in [-0.39, 0.29) is 18.3 Å². The molecular formula is C14H19BBr2O2. The quantitative estimate of drug-likeness (QED) is 0.578. The molecule has 0 N–H and O–H groups in total. The maximum Gasteiger partial charge on any atom is 0.495 e. The first-order valence-corrected chi connectivity index (χ1v) is 8.65. The van der Waals surface area contributed by atoms with Crippen molar-refractivity contribution in [2.45, 2.75) is 49.6 Å². The molecule has 19 heavy (non-hydrogen) atoms. The molecule has 1 heterocycles. The summed E-state index contributed by atoms with van der Waals surface area (Å²) in [4.78, 5) is 0. The van der Waals surface area contributed by atoms with Gasteiger partial charge in [0.1, 0.15) is 0 Å². The van der Waals surface area contributed by atoms with E-state index in [2.05, 4.69) is 77.8 Å². The summed E-state index contributed by atoms with van der Waals surface area (Å²) in [7, 11) is -0.300. The average Bonchev–Trinajstić information content (AvgIpc) is 2.57. The second-order valence-corrected chi connectivity index (χ2v) is 6.97. The van der Waals surface area contributed by atoms with Crippen LogP contribution in [0.3, 0.4) is 0 Å². The van der Waals surface area contributed by atoms with Crippen LogP contribution >= 0.6 is 31.9 Å². The van der Waals surface area contributed by atoms with Crippen LogP contribution in [0, 0.1) is 0 Å². The van der Waals surface area contributed by atoms with Crippen molar-refractivity contribution < 1.29 is 9.31 Å². The first-order chi connectivity index (χ1) is 8.82. The standard InChI is InChI=1S/C14H19BBr2O2/c1-13(2)14(3,4)19-15(18-13)12-10(8-16)6-5-7-11(12)9-17/h5-7H,8-9H2,1-4H3. The van der Waals surface area contributed by atoms with Gasteiger partial charge in [0.2, 0.25) is 0 Å². The van der Waals surface area contributed by atoms with Gasteiger partial charge in [-0.2, -0.15) is 0 Å². The van der Waals surface area contributed by atoms with Crippen molar-refractivity contribution >= 4 is 44.4 Å². The largest absolute Gasteiger partial charge is 0.495 e. The first-order valence-electron chi connectivity index (χ1n) is 6.40. The Bertz CT molecular complexity index is 436. The van der Waals surface area contributed by atoms with Gasteiger partial charge in [-0.3, -0.25) is 0 Å². The summed E-state index contributed by atoms with van der Waals surface area (Å²) in [6, 6.07) is 6.30. The normalized spacial score (nSPS) is 20.8. The maximum atomic E-state index is 6.17. The molecule has 104 valence electrons. The molecule has 1 aliphatic heterocycles. The zero-order valence-corrected chi connectivity index (χ0v) is 15.0. The van der Waals surface area contributed by atoms with Gasteiger partial charge in [-0.15, -0.1) is 0 Å². The van der Waals surface area contributed by atoms with E-state index < -0.39 is 0 Å². The van der Waals surface area contributed by atoms with Crippen molar-refractivity contribution in [1.29, 1.82) is 0 Å². The van der Waals surface area contributed by atoms with Crippen molar-refractivity contribution in [1.82, 2.24) is 0 Å². The second kappa shape index (κ2) is 5.51. The van der Waals surface area contributed by atoms with Crippen LogP contribution < -0.4 is 5.46 Å². The molecule has 0 radical (unpaired) electrons. The Kier molecular flexibility index (Phi) is 4.51. The van der Waals surface area contributed by atoms with Crippen molar-refractivity contribution in [3.8, 4) is 0 Å². The van der Waals surface area contributed by atoms with Gasteiger partial charge in [0.05, 0.1) is 11.2 Å². The van der Waals surface area contributed by atoms with Crippen LogP contribution in [-0.2, 0) is 20.0 Å². The second-order valence-electron chi connectivity index (χ2n) is 5.85. The number of rotatable bonds is 3. The van der Waals surface area contributed by atoms with Crippen molar-refractivity contribution in [3.63, 3.8) is 0 Å². The minimum atomic E-state index is -0.305. The average molecular weight is 390 g/mol. The summed E-state index contributed by atoms with van der Waals surface area (Å²) in [5.41, 5.74) is 2.97. The molecule has 1 fully saturated rings. The third-order valence-corrected chi connectivity index (χ3v) is 5.27. The Labute approximate surface area is 132 Å². The molecule has 1 aromatic carbocycles. The lowest BCUT2D eigenvalue weighted by Crippen LogP contribution is -2.41. The first kappa shape index (κ1) is 15.6. The molecule has 0 aromatic heterocycles. The maximum absolute atomic E-state index is 6.17. The Balaban J connectivity index is 2.44. The monoisotopic (exact) mass is 388 g/mol. The molecule has 0 saturated carbocycles. The Morgan fingerprint density at radius 1 is 0.947 bits per heavy atom. The fourth-order valence-electron chi connectivity index (χ4n) is 2.16. The Morgan fingerprint density at radius 2 is 1.37 bits per heavy atom. The molecule has 1 aromatic rings. The third-order valence-electron chi connectivity index (χ3n) is 4.06. The van der Waals surface area contributed by atoms with E-state index in [1.807, 2.05) is 0 Å². The summed E-state index contributed by atoms with van der Waals surface area (Å²) in [6.07, 6.45) is 0. The van der Waals surface area contributed by atoms with E-state index in [1.165, 1.54) is 11.1 Å². The van der Waals surface area contributed by atoms with E-state index in [4.69, 9.17) is 9.31 Å². The Hall–Kier alpha value is 0.165. The van der Waals surface area contributed by atoms with E-state index in [0.717, 1.165) is 16.1 Å². The van der Waals surface area contributed by atoms with Crippen LogP contribution in [0.25, 0.3) is 0 Å². The van der Waals surface area contributed by atoms with Gasteiger partial charge in [0.15, 0.2) is 0 Å². The SMILES string of the molecule is CC1(C)OB(c2c(CBr)cccc2CBr)OC1(C)C. The Morgan fingerprint density at radius 3 is 1.74 bits per heavy atom. The molecule has 0 amide bonds. The number of hydrogen-bond donors (Lipinski definition) is 0. The lowest BCUT2D eigenvalue weighted by molar-refractivity contribution is 0.00578. The molecule has 2 rings (SSSR count). The molecule has 0 spiro atoms. The highest BCUT2D eigenvalue weighted by Gasteiger charge is 2.52. The van der Waals surface area contributed by atoms with Crippen LogP contribution in [0.4, 0.5) is 0 Å². The van der Waals surface area contributed by atoms with Gasteiger partial charge in [0, 0.05) is 10.7 Å². The highest BCUT2D eigenvalue weighted by atomic mass is 79.9. The third kappa shape index (κ3) is 2.80. The summed E-state index contributed by atoms with van der Waals surface area (Å²) >= 11 is 7.10. The van der Waals surface area contributed by atoms with E-state index in [1.54, 1.807) is 0 Å².